The van der Waals surface area contributed by atoms with Crippen molar-refractivity contribution in [3.8, 4) is 56.4 Å². The number of hydrogen-bond donors (Lipinski definition) is 0. The molecule has 0 unspecified atom stereocenters. The zero-order chi connectivity index (χ0) is 33.0. The van der Waals surface area contributed by atoms with Crippen molar-refractivity contribution in [1.29, 1.82) is 0 Å². The molecule has 0 radical (unpaired) electrons. The monoisotopic (exact) mass is 673 g/mol. The Balaban J connectivity index is 1.21. The predicted octanol–water partition coefficient (Wildman–Crippen LogP) is 12.9. The zero-order valence-corrected chi connectivity index (χ0v) is 28.4. The average Bonchev–Trinajstić information content (AvgIpc) is 3.76. The SMILES string of the molecule is c1ccc(-c2nc(-c3ccccc3)nc(-c3ccc(-c4ccc5sc6ccccc6c5c4)cc3-c3ccc4c(c3)sc3ccccc34)n2)cc1. The van der Waals surface area contributed by atoms with E-state index in [0.29, 0.717) is 17.5 Å². The Morgan fingerprint density at radius 3 is 1.48 bits per heavy atom. The van der Waals surface area contributed by atoms with Gasteiger partial charge in [0.2, 0.25) is 0 Å². The fourth-order valence-corrected chi connectivity index (χ4v) is 9.12. The van der Waals surface area contributed by atoms with Crippen LogP contribution in [0.25, 0.3) is 96.8 Å². The lowest BCUT2D eigenvalue weighted by molar-refractivity contribution is 1.07. The Kier molecular flexibility index (Phi) is 6.86. The molecule has 3 heterocycles. The third kappa shape index (κ3) is 4.98. The summed E-state index contributed by atoms with van der Waals surface area (Å²) in [4.78, 5) is 15.2. The second-order valence-corrected chi connectivity index (χ2v) is 14.6. The number of hydrogen-bond acceptors (Lipinski definition) is 5. The molecule has 5 heteroatoms. The average molecular weight is 674 g/mol. The first-order chi connectivity index (χ1) is 24.7. The van der Waals surface area contributed by atoms with Crippen molar-refractivity contribution in [1.82, 2.24) is 15.0 Å². The minimum atomic E-state index is 0.648. The van der Waals surface area contributed by atoms with E-state index in [4.69, 9.17) is 15.0 Å². The van der Waals surface area contributed by atoms with E-state index in [1.165, 1.54) is 45.9 Å². The van der Waals surface area contributed by atoms with Crippen LogP contribution in [-0.2, 0) is 0 Å². The number of nitrogens with zero attached hydrogens (tertiary/aromatic N) is 3. The largest absolute Gasteiger partial charge is 0.208 e. The van der Waals surface area contributed by atoms with Gasteiger partial charge in [-0.2, -0.15) is 0 Å². The van der Waals surface area contributed by atoms with Crippen molar-refractivity contribution in [3.05, 3.63) is 164 Å². The van der Waals surface area contributed by atoms with Crippen LogP contribution >= 0.6 is 22.7 Å². The molecule has 0 amide bonds. The molecule has 3 nitrogen and oxygen atoms in total. The molecule has 50 heavy (non-hydrogen) atoms. The van der Waals surface area contributed by atoms with E-state index in [0.717, 1.165) is 33.4 Å². The van der Waals surface area contributed by atoms with Crippen LogP contribution in [0.5, 0.6) is 0 Å². The molecular weight excluding hydrogens is 647 g/mol. The number of aromatic nitrogens is 3. The molecule has 10 aromatic rings. The standard InChI is InChI=1S/C45H27N3S2/c1-3-11-28(12-4-1)43-46-44(29-13-5-2-6-14-29)48-45(47-43)36-23-19-30(31-21-24-41-38(26-31)34-16-8-10-18-40(34)49-41)25-37(36)32-20-22-35-33-15-7-9-17-39(33)50-42(35)27-32/h1-27H. The van der Waals surface area contributed by atoms with Crippen LogP contribution in [0, 0.1) is 0 Å². The Hall–Kier alpha value is -6.01. The Morgan fingerprint density at radius 1 is 0.280 bits per heavy atom. The maximum absolute atomic E-state index is 5.13. The molecule has 0 bridgehead atoms. The highest BCUT2D eigenvalue weighted by Gasteiger charge is 2.18. The summed E-state index contributed by atoms with van der Waals surface area (Å²) in [5.74, 6) is 1.95. The molecule has 0 spiro atoms. The molecule has 0 aliphatic carbocycles. The van der Waals surface area contributed by atoms with Gasteiger partial charge in [-0.15, -0.1) is 22.7 Å². The molecule has 0 fully saturated rings. The summed E-state index contributed by atoms with van der Waals surface area (Å²) in [5, 5.41) is 5.16. The summed E-state index contributed by atoms with van der Waals surface area (Å²) in [5.41, 5.74) is 7.42. The normalized spacial score (nSPS) is 11.6. The van der Waals surface area contributed by atoms with E-state index >= 15 is 0 Å². The summed E-state index contributed by atoms with van der Waals surface area (Å²) in [7, 11) is 0. The molecule has 0 aliphatic heterocycles. The van der Waals surface area contributed by atoms with Crippen molar-refractivity contribution in [2.45, 2.75) is 0 Å². The van der Waals surface area contributed by atoms with Gasteiger partial charge < -0.3 is 0 Å². The molecule has 3 aromatic heterocycles. The Bertz CT molecular complexity index is 2810. The lowest BCUT2D eigenvalue weighted by Crippen LogP contribution is -2.01. The van der Waals surface area contributed by atoms with E-state index in [-0.39, 0.29) is 0 Å². The number of fused-ring (bicyclic) bond motifs is 6. The topological polar surface area (TPSA) is 38.7 Å². The number of thiophene rings is 2. The zero-order valence-electron chi connectivity index (χ0n) is 26.7. The molecule has 0 saturated carbocycles. The van der Waals surface area contributed by atoms with Gasteiger partial charge in [-0.25, -0.2) is 15.0 Å². The van der Waals surface area contributed by atoms with Crippen LogP contribution in [0.2, 0.25) is 0 Å². The third-order valence-corrected chi connectivity index (χ3v) is 11.6. The van der Waals surface area contributed by atoms with E-state index in [9.17, 15) is 0 Å². The summed E-state index contributed by atoms with van der Waals surface area (Å²) in [6, 6.07) is 58.1. The smallest absolute Gasteiger partial charge is 0.164 e. The van der Waals surface area contributed by atoms with Gasteiger partial charge in [0.1, 0.15) is 0 Å². The molecule has 10 rings (SSSR count). The molecule has 0 saturated heterocycles. The van der Waals surface area contributed by atoms with Crippen molar-refractivity contribution in [3.63, 3.8) is 0 Å². The summed E-state index contributed by atoms with van der Waals surface area (Å²) in [6.45, 7) is 0. The van der Waals surface area contributed by atoms with Gasteiger partial charge in [-0.3, -0.25) is 0 Å². The van der Waals surface area contributed by atoms with Crippen LogP contribution in [0.1, 0.15) is 0 Å². The van der Waals surface area contributed by atoms with Gasteiger partial charge in [0.15, 0.2) is 17.5 Å². The number of rotatable bonds is 5. The van der Waals surface area contributed by atoms with Crippen LogP contribution in [0.4, 0.5) is 0 Å². The van der Waals surface area contributed by atoms with E-state index in [1.807, 2.05) is 59.1 Å². The van der Waals surface area contributed by atoms with Crippen LogP contribution in [0.3, 0.4) is 0 Å². The number of benzene rings is 7. The molecule has 0 N–H and O–H groups in total. The summed E-state index contributed by atoms with van der Waals surface area (Å²) < 4.78 is 5.17. The predicted molar refractivity (Wildman–Crippen MR) is 213 cm³/mol. The van der Waals surface area contributed by atoms with E-state index < -0.39 is 0 Å². The molecule has 234 valence electrons. The highest BCUT2D eigenvalue weighted by atomic mass is 32.1. The van der Waals surface area contributed by atoms with E-state index in [2.05, 4.69) is 127 Å². The third-order valence-electron chi connectivity index (χ3n) is 9.36. The van der Waals surface area contributed by atoms with Gasteiger partial charge in [-0.1, -0.05) is 121 Å². The summed E-state index contributed by atoms with van der Waals surface area (Å²) >= 11 is 3.68. The molecular formula is C45H27N3S2. The Morgan fingerprint density at radius 2 is 0.780 bits per heavy atom. The van der Waals surface area contributed by atoms with Crippen LogP contribution < -0.4 is 0 Å². The second-order valence-electron chi connectivity index (χ2n) is 12.4. The highest BCUT2D eigenvalue weighted by Crippen LogP contribution is 2.42. The molecule has 0 atom stereocenters. The minimum absolute atomic E-state index is 0.648. The Labute approximate surface area is 296 Å². The van der Waals surface area contributed by atoms with Gasteiger partial charge in [-0.05, 0) is 64.7 Å². The first kappa shape index (κ1) is 29.0. The van der Waals surface area contributed by atoms with Crippen molar-refractivity contribution >= 4 is 63.0 Å². The van der Waals surface area contributed by atoms with Gasteiger partial charge >= 0.3 is 0 Å². The fourth-order valence-electron chi connectivity index (χ4n) is 6.89. The van der Waals surface area contributed by atoms with Gasteiger partial charge in [0.05, 0.1) is 0 Å². The van der Waals surface area contributed by atoms with Crippen molar-refractivity contribution in [2.75, 3.05) is 0 Å². The maximum atomic E-state index is 5.13. The van der Waals surface area contributed by atoms with Crippen LogP contribution in [0.15, 0.2) is 164 Å². The fraction of sp³-hybridized carbons (Fsp3) is 0. The minimum Gasteiger partial charge on any atom is -0.208 e. The van der Waals surface area contributed by atoms with E-state index in [1.54, 1.807) is 0 Å². The maximum Gasteiger partial charge on any atom is 0.164 e. The second kappa shape index (κ2) is 11.8. The molecule has 7 aromatic carbocycles. The first-order valence-corrected chi connectivity index (χ1v) is 18.2. The van der Waals surface area contributed by atoms with Crippen molar-refractivity contribution in [2.24, 2.45) is 0 Å². The lowest BCUT2D eigenvalue weighted by atomic mass is 9.93. The first-order valence-electron chi connectivity index (χ1n) is 16.6. The quantitative estimate of drug-likeness (QED) is 0.182. The van der Waals surface area contributed by atoms with Gasteiger partial charge in [0.25, 0.3) is 0 Å². The van der Waals surface area contributed by atoms with Crippen molar-refractivity contribution < 1.29 is 0 Å². The van der Waals surface area contributed by atoms with Gasteiger partial charge in [0, 0.05) is 57.0 Å². The van der Waals surface area contributed by atoms with Crippen LogP contribution in [-0.4, -0.2) is 15.0 Å². The summed E-state index contributed by atoms with van der Waals surface area (Å²) in [6.07, 6.45) is 0. The lowest BCUT2D eigenvalue weighted by Gasteiger charge is -2.14. The molecule has 0 aliphatic rings. The highest BCUT2D eigenvalue weighted by molar-refractivity contribution is 7.26.